The molecule has 6 fully saturated rings. The zero-order chi connectivity index (χ0) is 25.4. The fraction of sp³-hybridized carbons (Fsp3) is 0.600. The van der Waals surface area contributed by atoms with Gasteiger partial charge in [-0.05, 0) is 99.5 Å². The van der Waals surface area contributed by atoms with Gasteiger partial charge in [0.25, 0.3) is 5.91 Å². The van der Waals surface area contributed by atoms with Crippen molar-refractivity contribution in [2.24, 2.45) is 17.8 Å². The summed E-state index contributed by atoms with van der Waals surface area (Å²) >= 11 is 0. The number of amides is 1. The molecule has 5 saturated carbocycles. The molecule has 37 heavy (non-hydrogen) atoms. The number of carbonyl (C=O) groups excluding carboxylic acids is 1. The number of nitrogens with zero attached hydrogens (tertiary/aromatic N) is 3. The van der Waals surface area contributed by atoms with Crippen molar-refractivity contribution in [3.63, 3.8) is 0 Å². The summed E-state index contributed by atoms with van der Waals surface area (Å²) in [5.74, 6) is 2.16. The van der Waals surface area contributed by atoms with E-state index in [9.17, 15) is 15.0 Å². The second-order valence-electron chi connectivity index (χ2n) is 12.6. The van der Waals surface area contributed by atoms with Gasteiger partial charge in [0.2, 0.25) is 0 Å². The van der Waals surface area contributed by atoms with Crippen LogP contribution in [0.1, 0.15) is 67.9 Å². The maximum absolute atomic E-state index is 13.3. The highest BCUT2D eigenvalue weighted by atomic mass is 16.3. The molecule has 2 heterocycles. The fourth-order valence-corrected chi connectivity index (χ4v) is 8.07. The molecule has 5 aliphatic carbocycles. The maximum atomic E-state index is 13.3. The first-order chi connectivity index (χ1) is 17.8. The lowest BCUT2D eigenvalue weighted by Crippen LogP contribution is -2.61. The van der Waals surface area contributed by atoms with Gasteiger partial charge in [-0.15, -0.1) is 0 Å². The molecule has 3 atom stereocenters. The topological polar surface area (TPSA) is 88.9 Å². The number of aliphatic hydroxyl groups is 2. The van der Waals surface area contributed by atoms with Gasteiger partial charge in [0.15, 0.2) is 0 Å². The van der Waals surface area contributed by atoms with Crippen molar-refractivity contribution in [1.82, 2.24) is 10.3 Å². The van der Waals surface area contributed by atoms with Crippen LogP contribution in [0.25, 0.3) is 0 Å². The molecule has 8 rings (SSSR count). The summed E-state index contributed by atoms with van der Waals surface area (Å²) in [5.41, 5.74) is 1.60. The summed E-state index contributed by atoms with van der Waals surface area (Å²) in [7, 11) is 0. The highest BCUT2D eigenvalue weighted by Gasteiger charge is 2.55. The average Bonchev–Trinajstić information content (AvgIpc) is 3.63. The van der Waals surface area contributed by atoms with Crippen LogP contribution in [0.2, 0.25) is 0 Å². The molecule has 0 spiro atoms. The Bertz CT molecular complexity index is 1180. The first-order valence-electron chi connectivity index (χ1n) is 14.1. The molecule has 2 aromatic rings. The van der Waals surface area contributed by atoms with E-state index in [0.29, 0.717) is 23.4 Å². The Balaban J connectivity index is 1.01. The first kappa shape index (κ1) is 23.5. The number of carbonyl (C=O) groups is 1. The number of nitrogens with one attached hydrogen (secondary N) is 1. The standard InChI is InChI=1S/C30H38N4O3/c1-19-18-33(24-7-5-23(6-8-24)30(37)9-10-30)11-12-34(19)26-4-2-3-25(31-26)28(35)32-27-21-13-20-14-22(27)17-29(36,15-20)16-21/h2-8,19-22,27,36-37H,9-18H2,1H3,(H,32,35). The van der Waals surface area contributed by atoms with E-state index >= 15 is 0 Å². The Morgan fingerprint density at radius 2 is 1.73 bits per heavy atom. The Labute approximate surface area is 218 Å². The third kappa shape index (κ3) is 4.20. The largest absolute Gasteiger partial charge is 0.390 e. The van der Waals surface area contributed by atoms with Crippen molar-refractivity contribution >= 4 is 17.4 Å². The van der Waals surface area contributed by atoms with Crippen LogP contribution in [0.3, 0.4) is 0 Å². The van der Waals surface area contributed by atoms with Gasteiger partial charge in [-0.1, -0.05) is 18.2 Å². The Morgan fingerprint density at radius 1 is 1.00 bits per heavy atom. The second-order valence-corrected chi connectivity index (χ2v) is 12.6. The lowest BCUT2D eigenvalue weighted by atomic mass is 9.52. The van der Waals surface area contributed by atoms with Gasteiger partial charge in [-0.2, -0.15) is 0 Å². The molecule has 196 valence electrons. The van der Waals surface area contributed by atoms with E-state index in [4.69, 9.17) is 4.98 Å². The molecular formula is C30H38N4O3. The van der Waals surface area contributed by atoms with E-state index in [1.807, 2.05) is 18.2 Å². The van der Waals surface area contributed by atoms with Crippen LogP contribution in [0.5, 0.6) is 0 Å². The molecule has 1 aliphatic heterocycles. The van der Waals surface area contributed by atoms with Gasteiger partial charge in [-0.3, -0.25) is 4.79 Å². The molecule has 6 aliphatic rings. The third-order valence-corrected chi connectivity index (χ3v) is 9.92. The summed E-state index contributed by atoms with van der Waals surface area (Å²) in [6.45, 7) is 4.79. The second kappa shape index (κ2) is 8.43. The lowest BCUT2D eigenvalue weighted by molar-refractivity contribution is -0.136. The van der Waals surface area contributed by atoms with Crippen LogP contribution < -0.4 is 15.1 Å². The number of anilines is 2. The van der Waals surface area contributed by atoms with Gasteiger partial charge >= 0.3 is 0 Å². The van der Waals surface area contributed by atoms with Crippen LogP contribution in [0.4, 0.5) is 11.5 Å². The highest BCUT2D eigenvalue weighted by Crippen LogP contribution is 2.55. The van der Waals surface area contributed by atoms with Crippen LogP contribution in [0.15, 0.2) is 42.5 Å². The molecular weight excluding hydrogens is 464 g/mol. The first-order valence-corrected chi connectivity index (χ1v) is 14.1. The smallest absolute Gasteiger partial charge is 0.270 e. The maximum Gasteiger partial charge on any atom is 0.270 e. The van der Waals surface area contributed by atoms with Gasteiger partial charge in [0.1, 0.15) is 11.5 Å². The average molecular weight is 503 g/mol. The number of benzene rings is 1. The van der Waals surface area contributed by atoms with E-state index in [2.05, 4.69) is 46.3 Å². The molecule has 1 aromatic heterocycles. The Kier molecular flexibility index (Phi) is 5.35. The number of piperazine rings is 1. The normalized spacial score (nSPS) is 35.5. The third-order valence-electron chi connectivity index (χ3n) is 9.92. The predicted octanol–water partition coefficient (Wildman–Crippen LogP) is 3.45. The Morgan fingerprint density at radius 3 is 2.38 bits per heavy atom. The highest BCUT2D eigenvalue weighted by molar-refractivity contribution is 5.93. The summed E-state index contributed by atoms with van der Waals surface area (Å²) in [4.78, 5) is 22.8. The fourth-order valence-electron chi connectivity index (χ4n) is 8.07. The summed E-state index contributed by atoms with van der Waals surface area (Å²) < 4.78 is 0. The SMILES string of the molecule is CC1CN(c2ccc(C3(O)CC3)cc2)CCN1c1cccc(C(=O)NC2C3CC4CC2CC(O)(C4)C3)n1. The molecule has 7 nitrogen and oxygen atoms in total. The van der Waals surface area contributed by atoms with E-state index < -0.39 is 11.2 Å². The molecule has 1 saturated heterocycles. The number of pyridine rings is 1. The number of hydrogen-bond acceptors (Lipinski definition) is 6. The quantitative estimate of drug-likeness (QED) is 0.581. The zero-order valence-electron chi connectivity index (χ0n) is 21.6. The lowest BCUT2D eigenvalue weighted by Gasteiger charge is -2.58. The Hall–Kier alpha value is -2.64. The van der Waals surface area contributed by atoms with E-state index in [-0.39, 0.29) is 18.0 Å². The van der Waals surface area contributed by atoms with Gasteiger partial charge in [0, 0.05) is 37.4 Å². The molecule has 4 bridgehead atoms. The molecule has 1 aromatic carbocycles. The van der Waals surface area contributed by atoms with E-state index in [1.54, 1.807) is 0 Å². The van der Waals surface area contributed by atoms with Gasteiger partial charge in [-0.25, -0.2) is 4.98 Å². The number of rotatable bonds is 5. The summed E-state index contributed by atoms with van der Waals surface area (Å²) in [6.07, 6.45) is 6.57. The number of aromatic nitrogens is 1. The van der Waals surface area contributed by atoms with Crippen molar-refractivity contribution in [2.45, 2.75) is 75.2 Å². The van der Waals surface area contributed by atoms with Crippen LogP contribution in [-0.2, 0) is 5.60 Å². The summed E-state index contributed by atoms with van der Waals surface area (Å²) in [5, 5.41) is 24.6. The van der Waals surface area contributed by atoms with Crippen molar-refractivity contribution in [2.75, 3.05) is 29.4 Å². The van der Waals surface area contributed by atoms with Crippen LogP contribution in [-0.4, -0.2) is 58.4 Å². The number of hydrogen-bond donors (Lipinski definition) is 3. The van der Waals surface area contributed by atoms with Crippen molar-refractivity contribution < 1.29 is 15.0 Å². The van der Waals surface area contributed by atoms with Gasteiger partial charge in [0.05, 0.1) is 11.2 Å². The zero-order valence-corrected chi connectivity index (χ0v) is 21.6. The monoisotopic (exact) mass is 502 g/mol. The van der Waals surface area contributed by atoms with Crippen molar-refractivity contribution in [3.8, 4) is 0 Å². The minimum Gasteiger partial charge on any atom is -0.390 e. The minimum absolute atomic E-state index is 0.0880. The van der Waals surface area contributed by atoms with Crippen LogP contribution in [0, 0.1) is 17.8 Å². The molecule has 3 N–H and O–H groups in total. The van der Waals surface area contributed by atoms with Crippen molar-refractivity contribution in [3.05, 3.63) is 53.7 Å². The summed E-state index contributed by atoms with van der Waals surface area (Å²) in [6, 6.07) is 14.5. The molecule has 3 unspecified atom stereocenters. The molecule has 1 amide bonds. The predicted molar refractivity (Wildman–Crippen MR) is 143 cm³/mol. The van der Waals surface area contributed by atoms with E-state index in [0.717, 1.165) is 76.0 Å². The van der Waals surface area contributed by atoms with Crippen molar-refractivity contribution in [1.29, 1.82) is 0 Å². The van der Waals surface area contributed by atoms with Gasteiger partial charge < -0.3 is 25.3 Å². The van der Waals surface area contributed by atoms with Crippen LogP contribution >= 0.6 is 0 Å². The van der Waals surface area contributed by atoms with E-state index in [1.165, 1.54) is 5.69 Å². The molecule has 0 radical (unpaired) electrons. The minimum atomic E-state index is -0.593. The molecule has 7 heteroatoms.